The number of hydrogen-bond donors (Lipinski definition) is 0. The molecular formula is C28H43F. The topological polar surface area (TPSA) is 0 Å². The molecule has 1 heteroatoms. The second kappa shape index (κ2) is 9.97. The van der Waals surface area contributed by atoms with Crippen molar-refractivity contribution in [1.29, 1.82) is 0 Å². The van der Waals surface area contributed by atoms with Crippen LogP contribution in [0.5, 0.6) is 0 Å². The van der Waals surface area contributed by atoms with Gasteiger partial charge >= 0.3 is 0 Å². The standard InChI is InChI=1S/C28H43F/c1-3-4-5-6-7-8-21-10-12-25-18-26(19-28(29)27(25)16-21)24-14-13-22-15-20(2)9-11-23(22)17-24/h18-24H,3-17H2,1-2H3. The molecule has 0 bridgehead atoms. The zero-order valence-electron chi connectivity index (χ0n) is 19.0. The average molecular weight is 399 g/mol. The summed E-state index contributed by atoms with van der Waals surface area (Å²) in [6.45, 7) is 4.70. The lowest BCUT2D eigenvalue weighted by Crippen LogP contribution is -2.29. The van der Waals surface area contributed by atoms with Crippen LogP contribution in [0, 0.1) is 29.5 Å². The van der Waals surface area contributed by atoms with Crippen LogP contribution in [0.15, 0.2) is 12.1 Å². The molecule has 2 fully saturated rings. The van der Waals surface area contributed by atoms with E-state index in [0.717, 1.165) is 36.2 Å². The van der Waals surface area contributed by atoms with Gasteiger partial charge in [-0.3, -0.25) is 0 Å². The van der Waals surface area contributed by atoms with Crippen LogP contribution in [0.1, 0.15) is 120 Å². The van der Waals surface area contributed by atoms with E-state index in [9.17, 15) is 0 Å². The molecule has 162 valence electrons. The largest absolute Gasteiger partial charge is 0.207 e. The zero-order valence-corrected chi connectivity index (χ0v) is 19.0. The van der Waals surface area contributed by atoms with E-state index < -0.39 is 0 Å². The van der Waals surface area contributed by atoms with Crippen molar-refractivity contribution in [3.05, 3.63) is 34.6 Å². The highest BCUT2D eigenvalue weighted by Crippen LogP contribution is 2.48. The average Bonchev–Trinajstić information content (AvgIpc) is 2.73. The van der Waals surface area contributed by atoms with E-state index >= 15 is 4.39 Å². The predicted octanol–water partition coefficient (Wildman–Crippen LogP) is 8.61. The molecule has 0 aliphatic heterocycles. The minimum absolute atomic E-state index is 0.118. The summed E-state index contributed by atoms with van der Waals surface area (Å²) in [6.07, 6.45) is 19.7. The summed E-state index contributed by atoms with van der Waals surface area (Å²) in [4.78, 5) is 0. The number of unbranched alkanes of at least 4 members (excludes halogenated alkanes) is 4. The molecule has 29 heavy (non-hydrogen) atoms. The number of hydrogen-bond acceptors (Lipinski definition) is 0. The van der Waals surface area contributed by atoms with Gasteiger partial charge in [-0.25, -0.2) is 4.39 Å². The summed E-state index contributed by atoms with van der Waals surface area (Å²) in [5, 5.41) is 0. The predicted molar refractivity (Wildman–Crippen MR) is 122 cm³/mol. The molecule has 0 nitrogen and oxygen atoms in total. The molecule has 5 atom stereocenters. The van der Waals surface area contributed by atoms with Crippen molar-refractivity contribution in [2.45, 2.75) is 116 Å². The maximum atomic E-state index is 15.1. The minimum atomic E-state index is 0.118. The van der Waals surface area contributed by atoms with Crippen LogP contribution in [0.3, 0.4) is 0 Å². The van der Waals surface area contributed by atoms with Gasteiger partial charge in [-0.05, 0) is 104 Å². The van der Waals surface area contributed by atoms with Crippen LogP contribution in [0.4, 0.5) is 4.39 Å². The van der Waals surface area contributed by atoms with Gasteiger partial charge in [-0.15, -0.1) is 0 Å². The van der Waals surface area contributed by atoms with Gasteiger partial charge in [-0.2, -0.15) is 0 Å². The molecule has 0 saturated heterocycles. The monoisotopic (exact) mass is 398 g/mol. The number of halogens is 1. The van der Waals surface area contributed by atoms with E-state index in [2.05, 4.69) is 19.9 Å². The molecule has 0 amide bonds. The minimum Gasteiger partial charge on any atom is -0.207 e. The Bertz CT molecular complexity index is 663. The summed E-state index contributed by atoms with van der Waals surface area (Å²) in [5.41, 5.74) is 3.75. The van der Waals surface area contributed by atoms with Crippen LogP contribution in [-0.4, -0.2) is 0 Å². The van der Waals surface area contributed by atoms with Crippen molar-refractivity contribution in [3.8, 4) is 0 Å². The third kappa shape index (κ3) is 5.26. The molecule has 0 N–H and O–H groups in total. The van der Waals surface area contributed by atoms with Crippen LogP contribution < -0.4 is 0 Å². The van der Waals surface area contributed by atoms with E-state index in [4.69, 9.17) is 0 Å². The first kappa shape index (κ1) is 21.4. The molecule has 1 aromatic rings. The highest BCUT2D eigenvalue weighted by atomic mass is 19.1. The molecule has 0 heterocycles. The maximum absolute atomic E-state index is 15.1. The summed E-state index contributed by atoms with van der Waals surface area (Å²) in [5.74, 6) is 4.22. The Hall–Kier alpha value is -0.850. The first-order chi connectivity index (χ1) is 14.1. The van der Waals surface area contributed by atoms with Gasteiger partial charge in [0.1, 0.15) is 5.82 Å². The molecular weight excluding hydrogens is 355 g/mol. The van der Waals surface area contributed by atoms with E-state index in [0.29, 0.717) is 11.8 Å². The Labute approximate surface area is 179 Å². The summed E-state index contributed by atoms with van der Waals surface area (Å²) in [6, 6.07) is 4.37. The van der Waals surface area contributed by atoms with Crippen molar-refractivity contribution in [2.75, 3.05) is 0 Å². The second-order valence-electron chi connectivity index (χ2n) is 10.9. The van der Waals surface area contributed by atoms with Gasteiger partial charge < -0.3 is 0 Å². The third-order valence-electron chi connectivity index (χ3n) is 8.69. The first-order valence-electron chi connectivity index (χ1n) is 12.9. The van der Waals surface area contributed by atoms with Crippen LogP contribution in [0.25, 0.3) is 0 Å². The van der Waals surface area contributed by atoms with Gasteiger partial charge in [0.15, 0.2) is 0 Å². The lowest BCUT2D eigenvalue weighted by atomic mass is 9.64. The Morgan fingerprint density at radius 1 is 0.897 bits per heavy atom. The van der Waals surface area contributed by atoms with E-state index in [-0.39, 0.29) is 5.82 Å². The lowest BCUT2D eigenvalue weighted by Gasteiger charge is -2.42. The van der Waals surface area contributed by atoms with Crippen molar-refractivity contribution in [2.24, 2.45) is 23.7 Å². The fraction of sp³-hybridized carbons (Fsp3) is 0.786. The summed E-state index contributed by atoms with van der Waals surface area (Å²) < 4.78 is 15.1. The van der Waals surface area contributed by atoms with E-state index in [1.165, 1.54) is 94.6 Å². The Kier molecular flexibility index (Phi) is 7.35. The fourth-order valence-corrected chi connectivity index (χ4v) is 6.86. The zero-order chi connectivity index (χ0) is 20.2. The van der Waals surface area contributed by atoms with Gasteiger partial charge in [0.25, 0.3) is 0 Å². The Morgan fingerprint density at radius 3 is 2.55 bits per heavy atom. The maximum Gasteiger partial charge on any atom is 0.126 e. The third-order valence-corrected chi connectivity index (χ3v) is 8.69. The second-order valence-corrected chi connectivity index (χ2v) is 10.9. The van der Waals surface area contributed by atoms with Crippen LogP contribution in [0.2, 0.25) is 0 Å². The molecule has 1 aromatic carbocycles. The Morgan fingerprint density at radius 2 is 1.69 bits per heavy atom. The van der Waals surface area contributed by atoms with E-state index in [1.807, 2.05) is 6.07 Å². The first-order valence-corrected chi connectivity index (χ1v) is 12.9. The van der Waals surface area contributed by atoms with Crippen molar-refractivity contribution >= 4 is 0 Å². The molecule has 0 aromatic heterocycles. The van der Waals surface area contributed by atoms with Crippen molar-refractivity contribution in [3.63, 3.8) is 0 Å². The van der Waals surface area contributed by atoms with Gasteiger partial charge in [0.05, 0.1) is 0 Å². The van der Waals surface area contributed by atoms with Gasteiger partial charge in [0.2, 0.25) is 0 Å². The number of aryl methyl sites for hydroxylation is 1. The van der Waals surface area contributed by atoms with Crippen molar-refractivity contribution in [1.82, 2.24) is 0 Å². The van der Waals surface area contributed by atoms with Crippen molar-refractivity contribution < 1.29 is 4.39 Å². The fourth-order valence-electron chi connectivity index (χ4n) is 6.86. The normalized spacial score (nSPS) is 31.9. The number of fused-ring (bicyclic) bond motifs is 2. The van der Waals surface area contributed by atoms with Crippen LogP contribution >= 0.6 is 0 Å². The van der Waals surface area contributed by atoms with E-state index in [1.54, 1.807) is 0 Å². The lowest BCUT2D eigenvalue weighted by molar-refractivity contribution is 0.124. The highest BCUT2D eigenvalue weighted by Gasteiger charge is 2.35. The summed E-state index contributed by atoms with van der Waals surface area (Å²) in [7, 11) is 0. The molecule has 0 radical (unpaired) electrons. The van der Waals surface area contributed by atoms with Gasteiger partial charge in [0, 0.05) is 0 Å². The summed E-state index contributed by atoms with van der Waals surface area (Å²) >= 11 is 0. The Balaban J connectivity index is 1.36. The molecule has 4 rings (SSSR count). The molecule has 2 saturated carbocycles. The molecule has 5 unspecified atom stereocenters. The smallest absolute Gasteiger partial charge is 0.126 e. The molecule has 3 aliphatic rings. The highest BCUT2D eigenvalue weighted by molar-refractivity contribution is 5.37. The van der Waals surface area contributed by atoms with Crippen LogP contribution in [-0.2, 0) is 12.8 Å². The number of benzene rings is 1. The molecule has 0 spiro atoms. The quantitative estimate of drug-likeness (QED) is 0.403. The van der Waals surface area contributed by atoms with Gasteiger partial charge in [-0.1, -0.05) is 64.9 Å². The SMILES string of the molecule is CCCCCCCC1CCc2cc(C3CCC4CC(C)CCC4C3)cc(F)c2C1. The molecule has 3 aliphatic carbocycles. The number of rotatable bonds is 7.